The van der Waals surface area contributed by atoms with Crippen LogP contribution in [0, 0.1) is 10.1 Å². The molecule has 1 aromatic carbocycles. The van der Waals surface area contributed by atoms with Gasteiger partial charge in [-0.1, -0.05) is 19.1 Å². The fourth-order valence-corrected chi connectivity index (χ4v) is 2.13. The van der Waals surface area contributed by atoms with Crippen LogP contribution in [0.2, 0.25) is 0 Å². The zero-order chi connectivity index (χ0) is 14.6. The van der Waals surface area contributed by atoms with E-state index in [4.69, 9.17) is 0 Å². The van der Waals surface area contributed by atoms with Gasteiger partial charge in [-0.3, -0.25) is 15.0 Å². The summed E-state index contributed by atoms with van der Waals surface area (Å²) < 4.78 is 0. The predicted octanol–water partition coefficient (Wildman–Crippen LogP) is 2.75. The Kier molecular flexibility index (Phi) is 5.03. The Bertz CT molecular complexity index is 441. The molecule has 19 heavy (non-hydrogen) atoms. The van der Waals surface area contributed by atoms with Crippen LogP contribution in [0.5, 0.6) is 0 Å². The van der Waals surface area contributed by atoms with Gasteiger partial charge in [-0.2, -0.15) is 0 Å². The van der Waals surface area contributed by atoms with Crippen molar-refractivity contribution in [3.05, 3.63) is 39.9 Å². The fraction of sp³-hybridized carbons (Fsp3) is 0.571. The average Bonchev–Trinajstić information content (AvgIpc) is 2.34. The van der Waals surface area contributed by atoms with E-state index in [0.717, 1.165) is 12.1 Å². The van der Waals surface area contributed by atoms with Crippen molar-refractivity contribution < 1.29 is 10.0 Å². The number of nitro groups is 1. The molecule has 0 amide bonds. The van der Waals surface area contributed by atoms with Crippen LogP contribution in [-0.4, -0.2) is 33.6 Å². The third-order valence-corrected chi connectivity index (χ3v) is 3.11. The van der Waals surface area contributed by atoms with Crippen molar-refractivity contribution in [3.63, 3.8) is 0 Å². The zero-order valence-corrected chi connectivity index (χ0v) is 12.0. The quantitative estimate of drug-likeness (QED) is 0.635. The Balaban J connectivity index is 2.94. The first kappa shape index (κ1) is 15.6. The van der Waals surface area contributed by atoms with E-state index in [1.165, 1.54) is 6.07 Å². The van der Waals surface area contributed by atoms with Crippen LogP contribution in [0.25, 0.3) is 0 Å². The minimum absolute atomic E-state index is 0.0244. The van der Waals surface area contributed by atoms with Gasteiger partial charge in [-0.15, -0.1) is 0 Å². The molecular formula is C14H22N2O3. The summed E-state index contributed by atoms with van der Waals surface area (Å²) in [6.45, 7) is 8.82. The van der Waals surface area contributed by atoms with Gasteiger partial charge in [-0.25, -0.2) is 0 Å². The number of aliphatic hydroxyl groups is 1. The van der Waals surface area contributed by atoms with Crippen molar-refractivity contribution in [2.24, 2.45) is 0 Å². The number of nitrogens with zero attached hydrogens (tertiary/aromatic N) is 2. The number of hydrogen-bond acceptors (Lipinski definition) is 4. The Morgan fingerprint density at radius 2 is 2.11 bits per heavy atom. The number of nitro benzene ring substituents is 1. The van der Waals surface area contributed by atoms with Crippen LogP contribution < -0.4 is 0 Å². The third-order valence-electron chi connectivity index (χ3n) is 3.11. The molecule has 0 spiro atoms. The summed E-state index contributed by atoms with van der Waals surface area (Å²) in [5, 5.41) is 20.7. The second kappa shape index (κ2) is 6.12. The molecule has 0 saturated heterocycles. The molecule has 1 N–H and O–H groups in total. The van der Waals surface area contributed by atoms with Crippen molar-refractivity contribution in [2.75, 3.05) is 13.1 Å². The largest absolute Gasteiger partial charge is 0.389 e. The maximum Gasteiger partial charge on any atom is 0.269 e. The molecule has 0 heterocycles. The second-order valence-corrected chi connectivity index (χ2v) is 5.40. The Labute approximate surface area is 114 Å². The van der Waals surface area contributed by atoms with Crippen LogP contribution >= 0.6 is 0 Å². The van der Waals surface area contributed by atoms with E-state index in [2.05, 4.69) is 4.90 Å². The fourth-order valence-electron chi connectivity index (χ4n) is 2.13. The summed E-state index contributed by atoms with van der Waals surface area (Å²) >= 11 is 0. The van der Waals surface area contributed by atoms with E-state index in [-0.39, 0.29) is 16.7 Å². The van der Waals surface area contributed by atoms with Crippen molar-refractivity contribution in [1.29, 1.82) is 0 Å². The summed E-state index contributed by atoms with van der Waals surface area (Å²) in [6, 6.07) is 6.68. The normalized spacial score (nSPS) is 13.6. The minimum Gasteiger partial charge on any atom is -0.389 e. The van der Waals surface area contributed by atoms with Crippen molar-refractivity contribution >= 4 is 5.69 Å². The lowest BCUT2D eigenvalue weighted by atomic mass is 10.0. The highest BCUT2D eigenvalue weighted by Crippen LogP contribution is 2.25. The first-order valence-corrected chi connectivity index (χ1v) is 6.45. The van der Waals surface area contributed by atoms with Gasteiger partial charge >= 0.3 is 0 Å². The Morgan fingerprint density at radius 3 is 2.58 bits per heavy atom. The van der Waals surface area contributed by atoms with E-state index in [9.17, 15) is 15.2 Å². The topological polar surface area (TPSA) is 66.6 Å². The summed E-state index contributed by atoms with van der Waals surface area (Å²) in [5.74, 6) is 0. The molecule has 1 unspecified atom stereocenters. The molecule has 0 aromatic heterocycles. The van der Waals surface area contributed by atoms with Gasteiger partial charge in [0.05, 0.1) is 10.5 Å². The van der Waals surface area contributed by atoms with Gasteiger partial charge in [0, 0.05) is 24.7 Å². The standard InChI is InChI=1S/C14H22N2O3/c1-5-15(10-14(3,4)17)11(2)12-7-6-8-13(9-12)16(18)19/h6-9,11,17H,5,10H2,1-4H3. The molecule has 5 heteroatoms. The summed E-state index contributed by atoms with van der Waals surface area (Å²) in [7, 11) is 0. The highest BCUT2D eigenvalue weighted by Gasteiger charge is 2.22. The van der Waals surface area contributed by atoms with Crippen molar-refractivity contribution in [2.45, 2.75) is 39.3 Å². The summed E-state index contributed by atoms with van der Waals surface area (Å²) in [5.41, 5.74) is 0.203. The third kappa shape index (κ3) is 4.61. The Morgan fingerprint density at radius 1 is 1.47 bits per heavy atom. The van der Waals surface area contributed by atoms with Crippen LogP contribution in [0.3, 0.4) is 0 Å². The molecular weight excluding hydrogens is 244 g/mol. The summed E-state index contributed by atoms with van der Waals surface area (Å²) in [6.07, 6.45) is 0. The molecule has 0 aliphatic heterocycles. The van der Waals surface area contributed by atoms with Crippen LogP contribution in [-0.2, 0) is 0 Å². The van der Waals surface area contributed by atoms with Crippen molar-refractivity contribution in [1.82, 2.24) is 4.90 Å². The first-order valence-electron chi connectivity index (χ1n) is 6.45. The minimum atomic E-state index is -0.787. The molecule has 0 bridgehead atoms. The number of non-ortho nitro benzene ring substituents is 1. The van der Waals surface area contributed by atoms with Crippen LogP contribution in [0.15, 0.2) is 24.3 Å². The van der Waals surface area contributed by atoms with Gasteiger partial charge in [-0.05, 0) is 32.9 Å². The maximum atomic E-state index is 10.8. The SMILES string of the molecule is CCN(CC(C)(C)O)C(C)c1cccc([N+](=O)[O-])c1. The Hall–Kier alpha value is -1.46. The number of rotatable bonds is 6. The predicted molar refractivity (Wildman–Crippen MR) is 75.1 cm³/mol. The second-order valence-electron chi connectivity index (χ2n) is 5.40. The average molecular weight is 266 g/mol. The van der Waals surface area contributed by atoms with E-state index in [1.807, 2.05) is 19.9 Å². The van der Waals surface area contributed by atoms with Crippen LogP contribution in [0.4, 0.5) is 5.69 Å². The highest BCUT2D eigenvalue weighted by atomic mass is 16.6. The van der Waals surface area contributed by atoms with Gasteiger partial charge in [0.2, 0.25) is 0 Å². The number of likely N-dealkylation sites (N-methyl/N-ethyl adjacent to an activating group) is 1. The van der Waals surface area contributed by atoms with Crippen LogP contribution in [0.1, 0.15) is 39.3 Å². The first-order chi connectivity index (χ1) is 8.74. The van der Waals surface area contributed by atoms with Gasteiger partial charge in [0.1, 0.15) is 0 Å². The molecule has 0 aliphatic carbocycles. The monoisotopic (exact) mass is 266 g/mol. The van der Waals surface area contributed by atoms with Gasteiger partial charge in [0.25, 0.3) is 5.69 Å². The van der Waals surface area contributed by atoms with E-state index < -0.39 is 5.60 Å². The molecule has 0 aliphatic rings. The molecule has 1 rings (SSSR count). The molecule has 106 valence electrons. The lowest BCUT2D eigenvalue weighted by Gasteiger charge is -2.33. The number of hydrogen-bond donors (Lipinski definition) is 1. The maximum absolute atomic E-state index is 10.8. The van der Waals surface area contributed by atoms with Gasteiger partial charge < -0.3 is 5.11 Å². The van der Waals surface area contributed by atoms with E-state index in [1.54, 1.807) is 26.0 Å². The molecule has 0 radical (unpaired) electrons. The highest BCUT2D eigenvalue weighted by molar-refractivity contribution is 5.35. The zero-order valence-electron chi connectivity index (χ0n) is 12.0. The van der Waals surface area contributed by atoms with Crippen molar-refractivity contribution in [3.8, 4) is 0 Å². The molecule has 0 fully saturated rings. The summed E-state index contributed by atoms with van der Waals surface area (Å²) in [4.78, 5) is 12.5. The van der Waals surface area contributed by atoms with Gasteiger partial charge in [0.15, 0.2) is 0 Å². The smallest absolute Gasteiger partial charge is 0.269 e. The molecule has 5 nitrogen and oxygen atoms in total. The molecule has 1 atom stereocenters. The lowest BCUT2D eigenvalue weighted by Crippen LogP contribution is -2.39. The molecule has 0 saturated carbocycles. The lowest BCUT2D eigenvalue weighted by molar-refractivity contribution is -0.384. The molecule has 1 aromatic rings. The van der Waals surface area contributed by atoms with E-state index in [0.29, 0.717) is 6.54 Å². The number of benzene rings is 1. The van der Waals surface area contributed by atoms with E-state index >= 15 is 0 Å².